The van der Waals surface area contributed by atoms with Gasteiger partial charge in [-0.1, -0.05) is 6.92 Å². The second-order valence-electron chi connectivity index (χ2n) is 4.72. The van der Waals surface area contributed by atoms with Gasteiger partial charge in [0.05, 0.1) is 8.26 Å². The van der Waals surface area contributed by atoms with Crippen LogP contribution in [0.2, 0.25) is 0 Å². The van der Waals surface area contributed by atoms with E-state index in [-0.39, 0.29) is 18.0 Å². The lowest BCUT2D eigenvalue weighted by Crippen LogP contribution is -2.24. The quantitative estimate of drug-likeness (QED) is 0.559. The molecular weight excluding hydrogens is 424 g/mol. The maximum Gasteiger partial charge on any atom is 0.143 e. The Bertz CT molecular complexity index is 616. The van der Waals surface area contributed by atoms with Gasteiger partial charge >= 0.3 is 0 Å². The van der Waals surface area contributed by atoms with Gasteiger partial charge in [0.25, 0.3) is 0 Å². The van der Waals surface area contributed by atoms with E-state index in [1.807, 2.05) is 11.4 Å². The molecule has 1 N–H and O–H groups in total. The van der Waals surface area contributed by atoms with Crippen molar-refractivity contribution in [3.05, 3.63) is 54.6 Å². The Labute approximate surface area is 144 Å². The highest BCUT2D eigenvalue weighted by Crippen LogP contribution is 2.30. The van der Waals surface area contributed by atoms with Gasteiger partial charge in [-0.15, -0.1) is 11.3 Å². The zero-order valence-corrected chi connectivity index (χ0v) is 15.4. The first-order valence-electron chi connectivity index (χ1n) is 6.62. The normalized spacial score (nSPS) is 12.6. The number of halogens is 4. The third-order valence-corrected chi connectivity index (χ3v) is 5.31. The SMILES string of the molecule is CCCNC(Cc1c(F)ccc(Br)c1F)c1csc(Br)c1. The standard InChI is InChI=1S/C15H15Br2F2NS/c1-2-5-20-13(9-6-14(17)21-8-9)7-10-12(18)4-3-11(16)15(10)19/h3-4,6,8,13,20H,2,5,7H2,1H3. The Morgan fingerprint density at radius 1 is 1.29 bits per heavy atom. The molecule has 0 aliphatic carbocycles. The summed E-state index contributed by atoms with van der Waals surface area (Å²) in [5, 5.41) is 5.36. The summed E-state index contributed by atoms with van der Waals surface area (Å²) in [5.74, 6) is -1.03. The minimum absolute atomic E-state index is 0.106. The summed E-state index contributed by atoms with van der Waals surface area (Å²) >= 11 is 8.11. The van der Waals surface area contributed by atoms with Gasteiger partial charge in [-0.2, -0.15) is 0 Å². The summed E-state index contributed by atoms with van der Waals surface area (Å²) in [5.41, 5.74) is 1.15. The molecule has 0 aliphatic heterocycles. The van der Waals surface area contributed by atoms with Crippen molar-refractivity contribution in [2.45, 2.75) is 25.8 Å². The van der Waals surface area contributed by atoms with Crippen LogP contribution < -0.4 is 5.32 Å². The Morgan fingerprint density at radius 3 is 2.67 bits per heavy atom. The molecule has 1 aromatic carbocycles. The number of nitrogens with one attached hydrogen (secondary N) is 1. The fourth-order valence-electron chi connectivity index (χ4n) is 2.09. The molecule has 0 bridgehead atoms. The molecule has 21 heavy (non-hydrogen) atoms. The van der Waals surface area contributed by atoms with Crippen LogP contribution in [0.5, 0.6) is 0 Å². The number of benzene rings is 1. The third-order valence-electron chi connectivity index (χ3n) is 3.18. The monoisotopic (exact) mass is 437 g/mol. The second kappa shape index (κ2) is 7.81. The molecule has 0 radical (unpaired) electrons. The molecule has 2 aromatic rings. The molecule has 1 unspecified atom stereocenters. The first-order chi connectivity index (χ1) is 10.0. The van der Waals surface area contributed by atoms with E-state index >= 15 is 0 Å². The van der Waals surface area contributed by atoms with Crippen LogP contribution in [0, 0.1) is 11.6 Å². The zero-order chi connectivity index (χ0) is 15.4. The van der Waals surface area contributed by atoms with E-state index in [1.165, 1.54) is 12.1 Å². The summed E-state index contributed by atoms with van der Waals surface area (Å²) in [6, 6.07) is 4.57. The zero-order valence-electron chi connectivity index (χ0n) is 11.4. The van der Waals surface area contributed by atoms with Gasteiger partial charge < -0.3 is 5.32 Å². The van der Waals surface area contributed by atoms with Crippen LogP contribution in [0.4, 0.5) is 8.78 Å². The Morgan fingerprint density at radius 2 is 2.05 bits per heavy atom. The predicted octanol–water partition coefficient (Wildman–Crippen LogP) is 5.83. The molecule has 1 nitrogen and oxygen atoms in total. The molecule has 0 amide bonds. The van der Waals surface area contributed by atoms with Crippen molar-refractivity contribution in [3.63, 3.8) is 0 Å². The van der Waals surface area contributed by atoms with Crippen LogP contribution in [0.15, 0.2) is 31.8 Å². The van der Waals surface area contributed by atoms with Crippen LogP contribution in [0.1, 0.15) is 30.5 Å². The second-order valence-corrected chi connectivity index (χ2v) is 7.86. The van der Waals surface area contributed by atoms with Gasteiger partial charge in [-0.3, -0.25) is 0 Å². The van der Waals surface area contributed by atoms with E-state index < -0.39 is 11.6 Å². The fraction of sp³-hybridized carbons (Fsp3) is 0.333. The van der Waals surface area contributed by atoms with Crippen molar-refractivity contribution in [1.29, 1.82) is 0 Å². The van der Waals surface area contributed by atoms with Gasteiger partial charge in [-0.25, -0.2) is 8.78 Å². The van der Waals surface area contributed by atoms with Crippen molar-refractivity contribution in [2.75, 3.05) is 6.54 Å². The third kappa shape index (κ3) is 4.34. The molecule has 0 aliphatic rings. The Kier molecular flexibility index (Phi) is 6.34. The van der Waals surface area contributed by atoms with Crippen LogP contribution >= 0.6 is 43.2 Å². The van der Waals surface area contributed by atoms with Crippen molar-refractivity contribution >= 4 is 43.2 Å². The molecule has 2 rings (SSSR count). The predicted molar refractivity (Wildman–Crippen MR) is 90.8 cm³/mol. The summed E-state index contributed by atoms with van der Waals surface area (Å²) in [6.45, 7) is 2.86. The number of hydrogen-bond donors (Lipinski definition) is 1. The Balaban J connectivity index is 2.29. The maximum absolute atomic E-state index is 14.1. The number of rotatable bonds is 6. The van der Waals surface area contributed by atoms with Gasteiger partial charge in [0.15, 0.2) is 0 Å². The average Bonchev–Trinajstić information content (AvgIpc) is 2.89. The minimum Gasteiger partial charge on any atom is -0.310 e. The van der Waals surface area contributed by atoms with Crippen molar-refractivity contribution in [1.82, 2.24) is 5.32 Å². The summed E-state index contributed by atoms with van der Waals surface area (Å²) in [4.78, 5) is 0. The van der Waals surface area contributed by atoms with Gasteiger partial charge in [0.1, 0.15) is 11.6 Å². The van der Waals surface area contributed by atoms with Gasteiger partial charge in [0.2, 0.25) is 0 Å². The van der Waals surface area contributed by atoms with E-state index in [9.17, 15) is 8.78 Å². The number of hydrogen-bond acceptors (Lipinski definition) is 2. The molecule has 0 fully saturated rings. The molecule has 114 valence electrons. The van der Waals surface area contributed by atoms with E-state index in [1.54, 1.807) is 11.3 Å². The van der Waals surface area contributed by atoms with Crippen LogP contribution in [0.25, 0.3) is 0 Å². The van der Waals surface area contributed by atoms with Crippen molar-refractivity contribution in [2.24, 2.45) is 0 Å². The first kappa shape index (κ1) is 17.1. The highest BCUT2D eigenvalue weighted by atomic mass is 79.9. The summed E-state index contributed by atoms with van der Waals surface area (Å²) in [7, 11) is 0. The maximum atomic E-state index is 14.1. The number of thiophene rings is 1. The topological polar surface area (TPSA) is 12.0 Å². The van der Waals surface area contributed by atoms with Gasteiger partial charge in [0, 0.05) is 11.6 Å². The highest BCUT2D eigenvalue weighted by molar-refractivity contribution is 9.11. The molecule has 1 aromatic heterocycles. The average molecular weight is 439 g/mol. The minimum atomic E-state index is -0.521. The van der Waals surface area contributed by atoms with E-state index in [4.69, 9.17) is 0 Å². The first-order valence-corrected chi connectivity index (χ1v) is 9.09. The molecular formula is C15H15Br2F2NS. The van der Waals surface area contributed by atoms with Crippen LogP contribution in [-0.2, 0) is 6.42 Å². The molecule has 1 heterocycles. The van der Waals surface area contributed by atoms with Gasteiger partial charge in [-0.05, 0) is 80.4 Å². The molecule has 1 atom stereocenters. The highest BCUT2D eigenvalue weighted by Gasteiger charge is 2.19. The lowest BCUT2D eigenvalue weighted by atomic mass is 10.00. The van der Waals surface area contributed by atoms with Crippen LogP contribution in [0.3, 0.4) is 0 Å². The van der Waals surface area contributed by atoms with E-state index in [0.717, 1.165) is 22.3 Å². The lowest BCUT2D eigenvalue weighted by molar-refractivity contribution is 0.489. The molecule has 0 spiro atoms. The lowest BCUT2D eigenvalue weighted by Gasteiger charge is -2.18. The summed E-state index contributed by atoms with van der Waals surface area (Å²) < 4.78 is 29.4. The Hall–Kier alpha value is -0.300. The molecule has 6 heteroatoms. The largest absolute Gasteiger partial charge is 0.310 e. The van der Waals surface area contributed by atoms with Crippen molar-refractivity contribution < 1.29 is 8.78 Å². The fourth-order valence-corrected chi connectivity index (χ4v) is 3.69. The van der Waals surface area contributed by atoms with Crippen molar-refractivity contribution in [3.8, 4) is 0 Å². The molecule has 0 saturated carbocycles. The summed E-state index contributed by atoms with van der Waals surface area (Å²) in [6.07, 6.45) is 1.24. The molecule has 0 saturated heterocycles. The van der Waals surface area contributed by atoms with Crippen LogP contribution in [-0.4, -0.2) is 6.54 Å². The van der Waals surface area contributed by atoms with E-state index in [0.29, 0.717) is 4.47 Å². The smallest absolute Gasteiger partial charge is 0.143 e. The van der Waals surface area contributed by atoms with E-state index in [2.05, 4.69) is 44.1 Å².